The van der Waals surface area contributed by atoms with Crippen LogP contribution in [-0.2, 0) is 6.54 Å². The first kappa shape index (κ1) is 17.5. The fourth-order valence-corrected chi connectivity index (χ4v) is 4.00. The van der Waals surface area contributed by atoms with Crippen molar-refractivity contribution >= 4 is 22.9 Å². The van der Waals surface area contributed by atoms with E-state index in [2.05, 4.69) is 27.9 Å². The van der Waals surface area contributed by atoms with Gasteiger partial charge in [0.05, 0.1) is 0 Å². The quantitative estimate of drug-likeness (QED) is 0.762. The predicted molar refractivity (Wildman–Crippen MR) is 107 cm³/mol. The molecule has 27 heavy (non-hydrogen) atoms. The summed E-state index contributed by atoms with van der Waals surface area (Å²) in [6, 6.07) is 9.97. The minimum atomic E-state index is -0.0419. The Morgan fingerprint density at radius 2 is 2.04 bits per heavy atom. The van der Waals surface area contributed by atoms with E-state index in [-0.39, 0.29) is 11.9 Å². The maximum absolute atomic E-state index is 12.7. The third kappa shape index (κ3) is 3.39. The number of urea groups is 1. The third-order valence-corrected chi connectivity index (χ3v) is 5.16. The number of hydrogen-bond acceptors (Lipinski definition) is 3. The van der Waals surface area contributed by atoms with Gasteiger partial charge in [-0.2, -0.15) is 0 Å². The Bertz CT molecular complexity index is 973. The molecule has 2 amide bonds. The lowest BCUT2D eigenvalue weighted by atomic mass is 10.1. The van der Waals surface area contributed by atoms with Crippen molar-refractivity contribution in [2.45, 2.75) is 39.7 Å². The Morgan fingerprint density at radius 1 is 1.26 bits per heavy atom. The van der Waals surface area contributed by atoms with Gasteiger partial charge in [-0.25, -0.2) is 14.8 Å². The van der Waals surface area contributed by atoms with E-state index in [0.717, 1.165) is 53.3 Å². The molecule has 0 radical (unpaired) electrons. The van der Waals surface area contributed by atoms with E-state index in [0.29, 0.717) is 6.54 Å². The van der Waals surface area contributed by atoms with E-state index in [1.807, 2.05) is 43.0 Å². The summed E-state index contributed by atoms with van der Waals surface area (Å²) in [5.74, 6) is 1.28. The number of hydrogen-bond donors (Lipinski definition) is 1. The first-order chi connectivity index (χ1) is 13.0. The van der Waals surface area contributed by atoms with Gasteiger partial charge in [-0.05, 0) is 62.6 Å². The highest BCUT2D eigenvalue weighted by molar-refractivity contribution is 5.89. The zero-order chi connectivity index (χ0) is 19.0. The maximum atomic E-state index is 12.7. The summed E-state index contributed by atoms with van der Waals surface area (Å²) in [7, 11) is 0. The summed E-state index contributed by atoms with van der Waals surface area (Å²) < 4.78 is 2.17. The summed E-state index contributed by atoms with van der Waals surface area (Å²) in [6.45, 7) is 8.43. The number of rotatable bonds is 3. The van der Waals surface area contributed by atoms with E-state index < -0.39 is 0 Å². The highest BCUT2D eigenvalue weighted by Crippen LogP contribution is 2.29. The molecule has 3 heterocycles. The second-order valence-electron chi connectivity index (χ2n) is 7.30. The van der Waals surface area contributed by atoms with Gasteiger partial charge in [0.2, 0.25) is 0 Å². The zero-order valence-corrected chi connectivity index (χ0v) is 16.1. The van der Waals surface area contributed by atoms with Crippen LogP contribution in [0.5, 0.6) is 0 Å². The summed E-state index contributed by atoms with van der Waals surface area (Å²) in [6.07, 6.45) is 2.72. The standard InChI is InChI=1S/C21H25N5O/c1-4-26-19(24-18-6-5-8-22-20(18)26)16-7-9-25(13-16)21(27)23-17-11-14(2)10-15(3)12-17/h5-6,8,10-12,16H,4,7,9,13H2,1-3H3,(H,23,27)/t16-/m0/s1. The van der Waals surface area contributed by atoms with Crippen molar-refractivity contribution in [2.75, 3.05) is 18.4 Å². The Morgan fingerprint density at radius 3 is 2.78 bits per heavy atom. The number of carbonyl (C=O) groups excluding carboxylic acids is 1. The average Bonchev–Trinajstić information content (AvgIpc) is 3.25. The third-order valence-electron chi connectivity index (χ3n) is 5.16. The number of amides is 2. The van der Waals surface area contributed by atoms with Crippen LogP contribution in [0.15, 0.2) is 36.5 Å². The fourth-order valence-electron chi connectivity index (χ4n) is 4.00. The lowest BCUT2D eigenvalue weighted by molar-refractivity contribution is 0.222. The number of carbonyl (C=O) groups is 1. The predicted octanol–water partition coefficient (Wildman–Crippen LogP) is 4.09. The smallest absolute Gasteiger partial charge is 0.321 e. The molecule has 140 valence electrons. The van der Waals surface area contributed by atoms with E-state index in [9.17, 15) is 4.79 Å². The van der Waals surface area contributed by atoms with Crippen LogP contribution >= 0.6 is 0 Å². The number of pyridine rings is 1. The van der Waals surface area contributed by atoms with Crippen molar-refractivity contribution in [3.8, 4) is 0 Å². The summed E-state index contributed by atoms with van der Waals surface area (Å²) in [4.78, 5) is 23.9. The van der Waals surface area contributed by atoms with E-state index >= 15 is 0 Å². The number of benzene rings is 1. The van der Waals surface area contributed by atoms with Crippen molar-refractivity contribution in [3.05, 3.63) is 53.5 Å². The van der Waals surface area contributed by atoms with Gasteiger partial charge >= 0.3 is 6.03 Å². The topological polar surface area (TPSA) is 63.1 Å². The number of nitrogens with one attached hydrogen (secondary N) is 1. The van der Waals surface area contributed by atoms with Crippen molar-refractivity contribution < 1.29 is 4.79 Å². The molecule has 0 bridgehead atoms. The zero-order valence-electron chi connectivity index (χ0n) is 16.1. The largest absolute Gasteiger partial charge is 0.324 e. The lowest BCUT2D eigenvalue weighted by Gasteiger charge is -2.18. The van der Waals surface area contributed by atoms with Crippen LogP contribution in [-0.4, -0.2) is 38.6 Å². The van der Waals surface area contributed by atoms with Gasteiger partial charge in [0.1, 0.15) is 11.3 Å². The SMILES string of the molecule is CCn1c([C@H]2CCN(C(=O)Nc3cc(C)cc(C)c3)C2)nc2cccnc21. The number of imidazole rings is 1. The molecule has 1 aliphatic rings. The summed E-state index contributed by atoms with van der Waals surface area (Å²) >= 11 is 0. The highest BCUT2D eigenvalue weighted by Gasteiger charge is 2.31. The molecular formula is C21H25N5O. The first-order valence-electron chi connectivity index (χ1n) is 9.50. The Balaban J connectivity index is 1.51. The van der Waals surface area contributed by atoms with Crippen molar-refractivity contribution in [1.29, 1.82) is 0 Å². The van der Waals surface area contributed by atoms with Gasteiger partial charge in [0.15, 0.2) is 5.65 Å². The molecule has 1 fully saturated rings. The first-order valence-corrected chi connectivity index (χ1v) is 9.50. The summed E-state index contributed by atoms with van der Waals surface area (Å²) in [5.41, 5.74) is 4.99. The van der Waals surface area contributed by atoms with E-state index in [1.54, 1.807) is 6.20 Å². The normalized spacial score (nSPS) is 16.9. The Hall–Kier alpha value is -2.89. The average molecular weight is 363 g/mol. The van der Waals surface area contributed by atoms with Crippen LogP contribution in [0, 0.1) is 13.8 Å². The molecule has 3 aromatic rings. The Kier molecular flexibility index (Phi) is 4.56. The van der Waals surface area contributed by atoms with Crippen molar-refractivity contribution in [2.24, 2.45) is 0 Å². The van der Waals surface area contributed by atoms with Crippen LogP contribution < -0.4 is 5.32 Å². The van der Waals surface area contributed by atoms with Crippen LogP contribution in [0.3, 0.4) is 0 Å². The van der Waals surface area contributed by atoms with Gasteiger partial charge in [-0.3, -0.25) is 0 Å². The molecule has 1 aliphatic heterocycles. The molecule has 1 atom stereocenters. The molecule has 6 heteroatoms. The number of aromatic nitrogens is 3. The molecule has 0 saturated carbocycles. The number of fused-ring (bicyclic) bond motifs is 1. The fraction of sp³-hybridized carbons (Fsp3) is 0.381. The van der Waals surface area contributed by atoms with Crippen molar-refractivity contribution in [1.82, 2.24) is 19.4 Å². The number of nitrogens with zero attached hydrogens (tertiary/aromatic N) is 4. The highest BCUT2D eigenvalue weighted by atomic mass is 16.2. The molecule has 6 nitrogen and oxygen atoms in total. The number of aryl methyl sites for hydroxylation is 3. The number of likely N-dealkylation sites (tertiary alicyclic amines) is 1. The van der Waals surface area contributed by atoms with Gasteiger partial charge in [0, 0.05) is 37.4 Å². The molecule has 1 saturated heterocycles. The molecule has 0 unspecified atom stereocenters. The van der Waals surface area contributed by atoms with Gasteiger partial charge in [-0.15, -0.1) is 0 Å². The molecule has 2 aromatic heterocycles. The van der Waals surface area contributed by atoms with E-state index in [1.165, 1.54) is 0 Å². The van der Waals surface area contributed by atoms with Gasteiger partial charge in [-0.1, -0.05) is 6.07 Å². The van der Waals surface area contributed by atoms with Crippen LogP contribution in [0.25, 0.3) is 11.2 Å². The molecule has 0 spiro atoms. The second kappa shape index (κ2) is 7.02. The molecular weight excluding hydrogens is 338 g/mol. The second-order valence-corrected chi connectivity index (χ2v) is 7.30. The monoisotopic (exact) mass is 363 g/mol. The van der Waals surface area contributed by atoms with Crippen LogP contribution in [0.1, 0.15) is 36.2 Å². The van der Waals surface area contributed by atoms with Crippen LogP contribution in [0.4, 0.5) is 10.5 Å². The Labute approximate surface area is 159 Å². The molecule has 4 rings (SSSR count). The van der Waals surface area contributed by atoms with Crippen molar-refractivity contribution in [3.63, 3.8) is 0 Å². The molecule has 1 N–H and O–H groups in total. The van der Waals surface area contributed by atoms with Gasteiger partial charge < -0.3 is 14.8 Å². The van der Waals surface area contributed by atoms with E-state index in [4.69, 9.17) is 4.98 Å². The number of anilines is 1. The lowest BCUT2D eigenvalue weighted by Crippen LogP contribution is -2.33. The van der Waals surface area contributed by atoms with Crippen LogP contribution in [0.2, 0.25) is 0 Å². The molecule has 0 aliphatic carbocycles. The molecule has 1 aromatic carbocycles. The minimum absolute atomic E-state index is 0.0419. The minimum Gasteiger partial charge on any atom is -0.324 e. The summed E-state index contributed by atoms with van der Waals surface area (Å²) in [5, 5.41) is 3.04. The maximum Gasteiger partial charge on any atom is 0.321 e. The van der Waals surface area contributed by atoms with Gasteiger partial charge in [0.25, 0.3) is 0 Å².